The van der Waals surface area contributed by atoms with Crippen LogP contribution in [0.2, 0.25) is 0 Å². The van der Waals surface area contributed by atoms with E-state index < -0.39 is 0 Å². The van der Waals surface area contributed by atoms with E-state index in [0.29, 0.717) is 0 Å². The molecule has 0 spiro atoms. The Morgan fingerprint density at radius 1 is 0.417 bits per heavy atom. The summed E-state index contributed by atoms with van der Waals surface area (Å²) >= 11 is 0. The number of hydrogen-bond acceptors (Lipinski definition) is 2. The van der Waals surface area contributed by atoms with E-state index in [2.05, 4.69) is 132 Å². The van der Waals surface area contributed by atoms with E-state index in [1.54, 1.807) is 0 Å². The van der Waals surface area contributed by atoms with E-state index in [-0.39, 0.29) is 0 Å². The number of hydrogen-bond donors (Lipinski definition) is 0. The normalized spacial score (nSPS) is 11.3. The molecule has 6 aromatic carbocycles. The predicted molar refractivity (Wildman–Crippen MR) is 151 cm³/mol. The fourth-order valence-corrected chi connectivity index (χ4v) is 5.14. The Balaban J connectivity index is 1.36. The maximum atomic E-state index is 6.08. The molecule has 0 saturated heterocycles. The quantitative estimate of drug-likeness (QED) is 0.259. The van der Waals surface area contributed by atoms with Gasteiger partial charge in [0.05, 0.1) is 0 Å². The average Bonchev–Trinajstić information content (AvgIpc) is 3.32. The molecule has 0 saturated carbocycles. The lowest BCUT2D eigenvalue weighted by atomic mass is 9.98. The van der Waals surface area contributed by atoms with E-state index in [4.69, 9.17) is 4.42 Å². The topological polar surface area (TPSA) is 16.4 Å². The maximum Gasteiger partial charge on any atom is 0.135 e. The highest BCUT2D eigenvalue weighted by atomic mass is 16.3. The Labute approximate surface area is 209 Å². The van der Waals surface area contributed by atoms with Gasteiger partial charge in [-0.1, -0.05) is 91.0 Å². The Morgan fingerprint density at radius 2 is 1.06 bits per heavy atom. The number of furan rings is 1. The minimum atomic E-state index is 0.902. The first kappa shape index (κ1) is 20.5. The summed E-state index contributed by atoms with van der Waals surface area (Å²) in [6, 6.07) is 49.1. The van der Waals surface area contributed by atoms with Crippen molar-refractivity contribution in [3.8, 4) is 11.1 Å². The van der Waals surface area contributed by atoms with E-state index in [1.807, 2.05) is 12.1 Å². The first-order valence-electron chi connectivity index (χ1n) is 12.2. The van der Waals surface area contributed by atoms with Gasteiger partial charge in [-0.2, -0.15) is 0 Å². The molecular formula is C34H23NO. The van der Waals surface area contributed by atoms with Gasteiger partial charge in [0, 0.05) is 27.8 Å². The minimum absolute atomic E-state index is 0.902. The first-order chi connectivity index (χ1) is 17.8. The van der Waals surface area contributed by atoms with Crippen LogP contribution in [0.5, 0.6) is 0 Å². The van der Waals surface area contributed by atoms with Gasteiger partial charge in [-0.3, -0.25) is 0 Å². The minimum Gasteiger partial charge on any atom is -0.456 e. The number of benzene rings is 6. The second kappa shape index (κ2) is 8.44. The summed E-state index contributed by atoms with van der Waals surface area (Å²) in [7, 11) is 0. The van der Waals surface area contributed by atoms with E-state index >= 15 is 0 Å². The van der Waals surface area contributed by atoms with Crippen molar-refractivity contribution < 1.29 is 4.42 Å². The molecule has 0 atom stereocenters. The van der Waals surface area contributed by atoms with Crippen molar-refractivity contribution in [1.29, 1.82) is 0 Å². The van der Waals surface area contributed by atoms with Crippen LogP contribution in [0.3, 0.4) is 0 Å². The summed E-state index contributed by atoms with van der Waals surface area (Å²) in [6.07, 6.45) is 0. The molecule has 1 aromatic heterocycles. The van der Waals surface area contributed by atoms with Gasteiger partial charge in [-0.05, 0) is 70.4 Å². The predicted octanol–water partition coefficient (Wildman–Crippen LogP) is 9.88. The lowest BCUT2D eigenvalue weighted by Crippen LogP contribution is -2.09. The summed E-state index contributed by atoms with van der Waals surface area (Å²) in [4.78, 5) is 2.30. The molecule has 0 radical (unpaired) electrons. The molecule has 2 nitrogen and oxygen atoms in total. The van der Waals surface area contributed by atoms with Crippen LogP contribution in [0, 0.1) is 0 Å². The molecule has 1 heterocycles. The van der Waals surface area contributed by atoms with Gasteiger partial charge in [0.1, 0.15) is 11.2 Å². The Kier molecular flexibility index (Phi) is 4.82. The van der Waals surface area contributed by atoms with Crippen molar-refractivity contribution in [2.75, 3.05) is 4.90 Å². The molecule has 7 aromatic rings. The first-order valence-corrected chi connectivity index (χ1v) is 12.2. The van der Waals surface area contributed by atoms with Crippen LogP contribution in [0.1, 0.15) is 0 Å². The number of para-hydroxylation sites is 2. The van der Waals surface area contributed by atoms with Crippen LogP contribution >= 0.6 is 0 Å². The van der Waals surface area contributed by atoms with Crippen LogP contribution in [-0.4, -0.2) is 0 Å². The summed E-state index contributed by atoms with van der Waals surface area (Å²) in [5.74, 6) is 0. The molecule has 7 rings (SSSR count). The molecule has 0 fully saturated rings. The van der Waals surface area contributed by atoms with Crippen molar-refractivity contribution in [2.45, 2.75) is 0 Å². The monoisotopic (exact) mass is 461 g/mol. The lowest BCUT2D eigenvalue weighted by Gasteiger charge is -2.25. The van der Waals surface area contributed by atoms with Crippen LogP contribution in [-0.2, 0) is 0 Å². The van der Waals surface area contributed by atoms with Gasteiger partial charge in [-0.25, -0.2) is 0 Å². The van der Waals surface area contributed by atoms with Gasteiger partial charge in [0.2, 0.25) is 0 Å². The molecule has 0 aliphatic rings. The van der Waals surface area contributed by atoms with Crippen molar-refractivity contribution >= 4 is 49.8 Å². The van der Waals surface area contributed by atoms with Crippen LogP contribution in [0.15, 0.2) is 144 Å². The number of anilines is 3. The van der Waals surface area contributed by atoms with Crippen molar-refractivity contribution in [3.63, 3.8) is 0 Å². The molecule has 2 heteroatoms. The third-order valence-corrected chi connectivity index (χ3v) is 6.86. The molecule has 0 aliphatic heterocycles. The van der Waals surface area contributed by atoms with E-state index in [1.165, 1.54) is 21.9 Å². The SMILES string of the molecule is c1ccc(N(c2ccc(-c3cccc4ccccc34)cc2)c2ccc3oc4ccccc4c3c2)cc1. The molecule has 0 unspecified atom stereocenters. The fourth-order valence-electron chi connectivity index (χ4n) is 5.14. The zero-order valence-electron chi connectivity index (χ0n) is 19.6. The van der Waals surface area contributed by atoms with Gasteiger partial charge < -0.3 is 9.32 Å². The Bertz CT molecular complexity index is 1830. The van der Waals surface area contributed by atoms with Gasteiger partial charge >= 0.3 is 0 Å². The lowest BCUT2D eigenvalue weighted by molar-refractivity contribution is 0.669. The standard InChI is InChI=1S/C34H23NO/c1-2-11-26(12-3-1)35(28-21-22-34-32(23-28)31-14-6-7-16-33(31)36-34)27-19-17-25(18-20-27)30-15-8-10-24-9-4-5-13-29(24)30/h1-23H. The summed E-state index contributed by atoms with van der Waals surface area (Å²) in [6.45, 7) is 0. The zero-order valence-corrected chi connectivity index (χ0v) is 19.6. The van der Waals surface area contributed by atoms with E-state index in [9.17, 15) is 0 Å². The van der Waals surface area contributed by atoms with Crippen molar-refractivity contribution in [2.24, 2.45) is 0 Å². The molecule has 170 valence electrons. The molecule has 0 bridgehead atoms. The molecule has 0 amide bonds. The van der Waals surface area contributed by atoms with Crippen LogP contribution < -0.4 is 4.90 Å². The number of fused-ring (bicyclic) bond motifs is 4. The molecule has 0 N–H and O–H groups in total. The Hall–Kier alpha value is -4.82. The Morgan fingerprint density at radius 3 is 1.92 bits per heavy atom. The van der Waals surface area contributed by atoms with Gasteiger partial charge in [-0.15, -0.1) is 0 Å². The molecule has 0 aliphatic carbocycles. The van der Waals surface area contributed by atoms with Crippen molar-refractivity contribution in [1.82, 2.24) is 0 Å². The highest BCUT2D eigenvalue weighted by Crippen LogP contribution is 2.39. The highest BCUT2D eigenvalue weighted by molar-refractivity contribution is 6.06. The van der Waals surface area contributed by atoms with Crippen LogP contribution in [0.25, 0.3) is 43.8 Å². The van der Waals surface area contributed by atoms with Crippen molar-refractivity contribution in [3.05, 3.63) is 140 Å². The smallest absolute Gasteiger partial charge is 0.135 e. The van der Waals surface area contributed by atoms with Gasteiger partial charge in [0.15, 0.2) is 0 Å². The molecular weight excluding hydrogens is 438 g/mol. The van der Waals surface area contributed by atoms with Crippen LogP contribution in [0.4, 0.5) is 17.1 Å². The highest BCUT2D eigenvalue weighted by Gasteiger charge is 2.15. The second-order valence-electron chi connectivity index (χ2n) is 9.02. The third kappa shape index (κ3) is 3.43. The summed E-state index contributed by atoms with van der Waals surface area (Å²) < 4.78 is 6.08. The third-order valence-electron chi connectivity index (χ3n) is 6.86. The fraction of sp³-hybridized carbons (Fsp3) is 0. The largest absolute Gasteiger partial charge is 0.456 e. The molecule has 36 heavy (non-hydrogen) atoms. The van der Waals surface area contributed by atoms with E-state index in [0.717, 1.165) is 39.0 Å². The zero-order chi connectivity index (χ0) is 23.9. The maximum absolute atomic E-state index is 6.08. The second-order valence-corrected chi connectivity index (χ2v) is 9.02. The summed E-state index contributed by atoms with van der Waals surface area (Å²) in [5.41, 5.74) is 7.59. The average molecular weight is 462 g/mol. The number of nitrogens with zero attached hydrogens (tertiary/aromatic N) is 1. The number of rotatable bonds is 4. The van der Waals surface area contributed by atoms with Gasteiger partial charge in [0.25, 0.3) is 0 Å². The summed E-state index contributed by atoms with van der Waals surface area (Å²) in [5, 5.41) is 4.78.